The van der Waals surface area contributed by atoms with Gasteiger partial charge in [0, 0.05) is 43.8 Å². The molecule has 0 saturated heterocycles. The first kappa shape index (κ1) is 18.1. The molecule has 0 spiro atoms. The van der Waals surface area contributed by atoms with Crippen LogP contribution < -0.4 is 0 Å². The van der Waals surface area contributed by atoms with E-state index in [9.17, 15) is 4.79 Å². The lowest BCUT2D eigenvalue weighted by Gasteiger charge is -2.09. The summed E-state index contributed by atoms with van der Waals surface area (Å²) in [6.45, 7) is 5.06. The molecule has 0 aliphatic rings. The van der Waals surface area contributed by atoms with Crippen molar-refractivity contribution in [1.29, 1.82) is 0 Å². The molecule has 0 saturated carbocycles. The Hall–Kier alpha value is -2.75. The second kappa shape index (κ2) is 8.56. The van der Waals surface area contributed by atoms with Crippen LogP contribution in [-0.4, -0.2) is 20.3 Å². The van der Waals surface area contributed by atoms with Gasteiger partial charge in [-0.25, -0.2) is 4.98 Å². The Labute approximate surface area is 154 Å². The molecule has 0 fully saturated rings. The van der Waals surface area contributed by atoms with Crippen LogP contribution in [-0.2, 0) is 30.6 Å². The maximum atomic E-state index is 12.4. The molecule has 4 heteroatoms. The number of hydrogen-bond donors (Lipinski definition) is 0. The molecule has 134 valence electrons. The number of aryl methyl sites for hydroxylation is 2. The van der Waals surface area contributed by atoms with Gasteiger partial charge in [-0.05, 0) is 36.6 Å². The summed E-state index contributed by atoms with van der Waals surface area (Å²) in [5.41, 5.74) is 4.48. The lowest BCUT2D eigenvalue weighted by atomic mass is 10.0. The molecule has 0 amide bonds. The number of hydrogen-bond acceptors (Lipinski definition) is 3. The molecule has 0 atom stereocenters. The third-order valence-corrected chi connectivity index (χ3v) is 4.64. The fraction of sp³-hybridized carbons (Fsp3) is 0.318. The number of pyridine rings is 1. The number of rotatable bonds is 8. The second-order valence-corrected chi connectivity index (χ2v) is 6.43. The topological polar surface area (TPSA) is 47.8 Å². The van der Waals surface area contributed by atoms with Crippen molar-refractivity contribution in [3.05, 3.63) is 71.9 Å². The van der Waals surface area contributed by atoms with Crippen LogP contribution in [0, 0.1) is 0 Å². The van der Waals surface area contributed by atoms with E-state index in [2.05, 4.69) is 40.5 Å². The van der Waals surface area contributed by atoms with Crippen LogP contribution in [0.25, 0.3) is 11.3 Å². The molecule has 26 heavy (non-hydrogen) atoms. The minimum absolute atomic E-state index is 0.256. The molecule has 3 aromatic rings. The third-order valence-electron chi connectivity index (χ3n) is 4.64. The van der Waals surface area contributed by atoms with Crippen LogP contribution in [0.15, 0.2) is 55.0 Å². The van der Waals surface area contributed by atoms with Crippen LogP contribution in [0.4, 0.5) is 0 Å². The Bertz CT molecular complexity index is 868. The lowest BCUT2D eigenvalue weighted by molar-refractivity contribution is -0.118. The molecule has 4 nitrogen and oxygen atoms in total. The molecule has 0 unspecified atom stereocenters. The van der Waals surface area contributed by atoms with Crippen molar-refractivity contribution in [3.8, 4) is 11.3 Å². The summed E-state index contributed by atoms with van der Waals surface area (Å²) in [7, 11) is 0. The van der Waals surface area contributed by atoms with Gasteiger partial charge in [-0.15, -0.1) is 0 Å². The molecule has 1 aromatic carbocycles. The van der Waals surface area contributed by atoms with Gasteiger partial charge >= 0.3 is 0 Å². The molecule has 2 aromatic heterocycles. The minimum Gasteiger partial charge on any atom is -0.328 e. The highest BCUT2D eigenvalue weighted by Gasteiger charge is 2.12. The maximum Gasteiger partial charge on any atom is 0.137 e. The average Bonchev–Trinajstić information content (AvgIpc) is 3.10. The molecule has 0 bridgehead atoms. The number of benzene rings is 1. The van der Waals surface area contributed by atoms with Crippen molar-refractivity contribution in [2.45, 2.75) is 46.1 Å². The summed E-state index contributed by atoms with van der Waals surface area (Å²) in [6.07, 6.45) is 8.16. The van der Waals surface area contributed by atoms with Crippen LogP contribution in [0.2, 0.25) is 0 Å². The predicted molar refractivity (Wildman–Crippen MR) is 104 cm³/mol. The Morgan fingerprint density at radius 1 is 1.08 bits per heavy atom. The Balaban J connectivity index is 1.66. The van der Waals surface area contributed by atoms with Crippen molar-refractivity contribution >= 4 is 5.78 Å². The summed E-state index contributed by atoms with van der Waals surface area (Å²) < 4.78 is 2.17. The number of nitrogens with zero attached hydrogens (tertiary/aromatic N) is 3. The lowest BCUT2D eigenvalue weighted by Crippen LogP contribution is -2.09. The van der Waals surface area contributed by atoms with Crippen molar-refractivity contribution in [3.63, 3.8) is 0 Å². The van der Waals surface area contributed by atoms with E-state index < -0.39 is 0 Å². The van der Waals surface area contributed by atoms with Crippen LogP contribution in [0.1, 0.15) is 37.2 Å². The van der Waals surface area contributed by atoms with E-state index >= 15 is 0 Å². The summed E-state index contributed by atoms with van der Waals surface area (Å²) in [4.78, 5) is 21.2. The van der Waals surface area contributed by atoms with E-state index in [4.69, 9.17) is 0 Å². The molecule has 0 aliphatic heterocycles. The first-order valence-corrected chi connectivity index (χ1v) is 9.25. The summed E-state index contributed by atoms with van der Waals surface area (Å²) in [5.74, 6) is 1.22. The van der Waals surface area contributed by atoms with Gasteiger partial charge in [0.2, 0.25) is 0 Å². The normalized spacial score (nSPS) is 10.8. The number of carbonyl (C=O) groups is 1. The number of imidazole rings is 1. The van der Waals surface area contributed by atoms with Crippen molar-refractivity contribution < 1.29 is 4.79 Å². The first-order valence-electron chi connectivity index (χ1n) is 9.25. The average molecular weight is 347 g/mol. The summed E-state index contributed by atoms with van der Waals surface area (Å²) >= 11 is 0. The second-order valence-electron chi connectivity index (χ2n) is 6.43. The first-order chi connectivity index (χ1) is 12.7. The maximum absolute atomic E-state index is 12.4. The number of carbonyl (C=O) groups excluding carboxylic acids is 1. The standard InChI is InChI=1S/C22H25N3O/c1-3-17-7-5-8-18(13-17)14-20(26)10-11-22-24-16-21(25(22)4-2)19-9-6-12-23-15-19/h5-9,12-13,15-16H,3-4,10-11,14H2,1-2H3. The van der Waals surface area contributed by atoms with E-state index in [0.717, 1.165) is 35.6 Å². The van der Waals surface area contributed by atoms with Gasteiger partial charge in [-0.1, -0.05) is 31.2 Å². The zero-order chi connectivity index (χ0) is 18.4. The van der Waals surface area contributed by atoms with E-state index in [1.807, 2.05) is 36.7 Å². The number of Topliss-reactive ketones (excluding diaryl/α,β-unsaturated/α-hetero) is 1. The van der Waals surface area contributed by atoms with E-state index in [1.54, 1.807) is 6.20 Å². The van der Waals surface area contributed by atoms with E-state index in [-0.39, 0.29) is 5.78 Å². The molecule has 2 heterocycles. The molecular formula is C22H25N3O. The van der Waals surface area contributed by atoms with Crippen molar-refractivity contribution in [2.75, 3.05) is 0 Å². The van der Waals surface area contributed by atoms with Gasteiger partial charge in [0.05, 0.1) is 11.9 Å². The highest BCUT2D eigenvalue weighted by Crippen LogP contribution is 2.20. The minimum atomic E-state index is 0.256. The van der Waals surface area contributed by atoms with Gasteiger partial charge in [-0.2, -0.15) is 0 Å². The molecular weight excluding hydrogens is 322 g/mol. The van der Waals surface area contributed by atoms with Gasteiger partial charge in [0.15, 0.2) is 0 Å². The Kier molecular flexibility index (Phi) is 5.95. The van der Waals surface area contributed by atoms with Gasteiger partial charge < -0.3 is 4.57 Å². The Morgan fingerprint density at radius 2 is 1.92 bits per heavy atom. The van der Waals surface area contributed by atoms with Gasteiger partial charge in [0.25, 0.3) is 0 Å². The quantitative estimate of drug-likeness (QED) is 0.611. The molecule has 3 rings (SSSR count). The van der Waals surface area contributed by atoms with Crippen molar-refractivity contribution in [1.82, 2.24) is 14.5 Å². The van der Waals surface area contributed by atoms with E-state index in [0.29, 0.717) is 19.3 Å². The third kappa shape index (κ3) is 4.26. The smallest absolute Gasteiger partial charge is 0.137 e. The molecule has 0 radical (unpaired) electrons. The van der Waals surface area contributed by atoms with Gasteiger partial charge in [0.1, 0.15) is 11.6 Å². The summed E-state index contributed by atoms with van der Waals surface area (Å²) in [5, 5.41) is 0. The zero-order valence-electron chi connectivity index (χ0n) is 15.5. The predicted octanol–water partition coefficient (Wildman–Crippen LogP) is 4.27. The number of aromatic nitrogens is 3. The monoisotopic (exact) mass is 347 g/mol. The summed E-state index contributed by atoms with van der Waals surface area (Å²) in [6, 6.07) is 12.3. The highest BCUT2D eigenvalue weighted by atomic mass is 16.1. The van der Waals surface area contributed by atoms with Gasteiger partial charge in [-0.3, -0.25) is 9.78 Å². The highest BCUT2D eigenvalue weighted by molar-refractivity contribution is 5.81. The fourth-order valence-corrected chi connectivity index (χ4v) is 3.24. The van der Waals surface area contributed by atoms with Crippen LogP contribution >= 0.6 is 0 Å². The van der Waals surface area contributed by atoms with Crippen molar-refractivity contribution in [2.24, 2.45) is 0 Å². The fourth-order valence-electron chi connectivity index (χ4n) is 3.24. The molecule has 0 N–H and O–H groups in total. The Morgan fingerprint density at radius 3 is 2.65 bits per heavy atom. The van der Waals surface area contributed by atoms with E-state index in [1.165, 1.54) is 5.56 Å². The zero-order valence-corrected chi connectivity index (χ0v) is 15.5. The van der Waals surface area contributed by atoms with Crippen LogP contribution in [0.5, 0.6) is 0 Å². The SMILES string of the molecule is CCc1cccc(CC(=O)CCc2ncc(-c3cccnc3)n2CC)c1. The van der Waals surface area contributed by atoms with Crippen LogP contribution in [0.3, 0.4) is 0 Å². The number of ketones is 1. The molecule has 0 aliphatic carbocycles. The largest absolute Gasteiger partial charge is 0.328 e.